The van der Waals surface area contributed by atoms with Crippen LogP contribution in [-0.4, -0.2) is 28.8 Å². The Morgan fingerprint density at radius 3 is 2.70 bits per heavy atom. The third-order valence-electron chi connectivity index (χ3n) is 5.90. The fourth-order valence-electron chi connectivity index (χ4n) is 4.16. The fraction of sp³-hybridized carbons (Fsp3) is 0.500. The van der Waals surface area contributed by atoms with E-state index in [1.54, 1.807) is 6.08 Å². The van der Waals surface area contributed by atoms with Crippen LogP contribution in [0.4, 0.5) is 0 Å². The Hall–Kier alpha value is -2.44. The number of ether oxygens (including phenoxy) is 1. The summed E-state index contributed by atoms with van der Waals surface area (Å²) < 4.78 is 5.42. The van der Waals surface area contributed by atoms with Gasteiger partial charge in [0.05, 0.1) is 0 Å². The number of amides is 1. The largest absolute Gasteiger partial charge is 0.350 e. The summed E-state index contributed by atoms with van der Waals surface area (Å²) in [7, 11) is 0. The van der Waals surface area contributed by atoms with Crippen molar-refractivity contribution >= 4 is 12.0 Å². The van der Waals surface area contributed by atoms with E-state index in [1.165, 1.54) is 49.4 Å². The standard InChI is InChI=1S/C24H31N3O3/c28-23(27-30-24-8-4-5-15-29-24)14-13-18-9-11-19(12-10-18)16-22-25-17-21(26-22)20-6-2-1-3-7-20/h9-14,17,20,24H,1-8,15-16H2,(H,25,26)(H,27,28). The van der Waals surface area contributed by atoms with E-state index in [4.69, 9.17) is 9.57 Å². The zero-order chi connectivity index (χ0) is 20.6. The van der Waals surface area contributed by atoms with Crippen molar-refractivity contribution in [2.45, 2.75) is 70.0 Å². The summed E-state index contributed by atoms with van der Waals surface area (Å²) in [6.07, 6.45) is 15.2. The molecule has 2 heterocycles. The molecule has 1 aromatic heterocycles. The Bertz CT molecular complexity index is 832. The van der Waals surface area contributed by atoms with Crippen molar-refractivity contribution in [1.29, 1.82) is 0 Å². The number of hydroxylamine groups is 1. The first-order chi connectivity index (χ1) is 14.8. The first-order valence-electron chi connectivity index (χ1n) is 11.1. The van der Waals surface area contributed by atoms with Gasteiger partial charge in [-0.05, 0) is 42.9 Å². The van der Waals surface area contributed by atoms with E-state index in [0.717, 1.165) is 37.1 Å². The molecule has 2 N–H and O–H groups in total. The minimum Gasteiger partial charge on any atom is -0.350 e. The predicted octanol–water partition coefficient (Wildman–Crippen LogP) is 4.64. The molecule has 6 nitrogen and oxygen atoms in total. The van der Waals surface area contributed by atoms with Crippen LogP contribution in [0.25, 0.3) is 6.08 Å². The molecule has 2 aromatic rings. The lowest BCUT2D eigenvalue weighted by molar-refractivity contribution is -0.198. The first kappa shape index (κ1) is 20.8. The number of aromatic amines is 1. The number of nitrogens with one attached hydrogen (secondary N) is 2. The van der Waals surface area contributed by atoms with Gasteiger partial charge in [-0.1, -0.05) is 43.5 Å². The second kappa shape index (κ2) is 10.5. The SMILES string of the molecule is O=C(C=Cc1ccc(Cc2ncc(C3CCCCC3)[nH]2)cc1)NOC1CCCCO1. The van der Waals surface area contributed by atoms with Crippen molar-refractivity contribution in [2.75, 3.05) is 6.61 Å². The Morgan fingerprint density at radius 2 is 1.93 bits per heavy atom. The summed E-state index contributed by atoms with van der Waals surface area (Å²) in [6, 6.07) is 8.17. The van der Waals surface area contributed by atoms with Crippen molar-refractivity contribution < 1.29 is 14.4 Å². The molecule has 1 unspecified atom stereocenters. The molecule has 1 aromatic carbocycles. The third kappa shape index (κ3) is 6.03. The molecular formula is C24H31N3O3. The zero-order valence-electron chi connectivity index (χ0n) is 17.4. The van der Waals surface area contributed by atoms with E-state index >= 15 is 0 Å². The summed E-state index contributed by atoms with van der Waals surface area (Å²) in [5, 5.41) is 0. The number of nitrogens with zero attached hydrogens (tertiary/aromatic N) is 1. The van der Waals surface area contributed by atoms with E-state index in [9.17, 15) is 4.79 Å². The smallest absolute Gasteiger partial charge is 0.267 e. The molecule has 1 aliphatic heterocycles. The molecule has 6 heteroatoms. The maximum Gasteiger partial charge on any atom is 0.267 e. The highest BCUT2D eigenvalue weighted by molar-refractivity contribution is 5.90. The maximum atomic E-state index is 11.9. The van der Waals surface area contributed by atoms with E-state index < -0.39 is 0 Å². The zero-order valence-corrected chi connectivity index (χ0v) is 17.4. The summed E-state index contributed by atoms with van der Waals surface area (Å²) in [4.78, 5) is 25.3. The molecule has 1 aliphatic carbocycles. The number of aromatic nitrogens is 2. The second-order valence-corrected chi connectivity index (χ2v) is 8.25. The lowest BCUT2D eigenvalue weighted by atomic mass is 9.87. The number of rotatable bonds is 7. The minimum atomic E-state index is -0.337. The van der Waals surface area contributed by atoms with Crippen molar-refractivity contribution in [2.24, 2.45) is 0 Å². The Labute approximate surface area is 178 Å². The lowest BCUT2D eigenvalue weighted by Gasteiger charge is -2.21. The minimum absolute atomic E-state index is 0.293. The summed E-state index contributed by atoms with van der Waals surface area (Å²) >= 11 is 0. The molecule has 4 rings (SSSR count). The lowest BCUT2D eigenvalue weighted by Crippen LogP contribution is -2.32. The van der Waals surface area contributed by atoms with E-state index in [1.807, 2.05) is 18.3 Å². The molecule has 1 saturated carbocycles. The highest BCUT2D eigenvalue weighted by Gasteiger charge is 2.17. The fourth-order valence-corrected chi connectivity index (χ4v) is 4.16. The molecule has 0 spiro atoms. The number of imidazole rings is 1. The number of carbonyl (C=O) groups excluding carboxylic acids is 1. The highest BCUT2D eigenvalue weighted by atomic mass is 16.8. The van der Waals surface area contributed by atoms with Gasteiger partial charge in [-0.15, -0.1) is 0 Å². The van der Waals surface area contributed by atoms with Crippen molar-refractivity contribution in [1.82, 2.24) is 15.4 Å². The average molecular weight is 410 g/mol. The van der Waals surface area contributed by atoms with Gasteiger partial charge in [0.25, 0.3) is 5.91 Å². The van der Waals surface area contributed by atoms with Gasteiger partial charge >= 0.3 is 0 Å². The van der Waals surface area contributed by atoms with Crippen LogP contribution in [0.5, 0.6) is 0 Å². The van der Waals surface area contributed by atoms with Gasteiger partial charge in [0.15, 0.2) is 6.29 Å². The number of carbonyl (C=O) groups is 1. The van der Waals surface area contributed by atoms with E-state index in [2.05, 4.69) is 27.6 Å². The monoisotopic (exact) mass is 409 g/mol. The molecule has 0 radical (unpaired) electrons. The normalized spacial score (nSPS) is 20.5. The third-order valence-corrected chi connectivity index (χ3v) is 5.90. The number of hydrogen-bond acceptors (Lipinski definition) is 4. The Kier molecular flexibility index (Phi) is 7.32. The van der Waals surface area contributed by atoms with Gasteiger partial charge in [0.2, 0.25) is 0 Å². The molecule has 0 bridgehead atoms. The predicted molar refractivity (Wildman–Crippen MR) is 116 cm³/mol. The van der Waals surface area contributed by atoms with Gasteiger partial charge in [0.1, 0.15) is 5.82 Å². The van der Waals surface area contributed by atoms with E-state index in [0.29, 0.717) is 12.5 Å². The van der Waals surface area contributed by atoms with E-state index in [-0.39, 0.29) is 12.2 Å². The van der Waals surface area contributed by atoms with Gasteiger partial charge in [-0.25, -0.2) is 15.3 Å². The molecule has 160 valence electrons. The molecule has 1 amide bonds. The van der Waals surface area contributed by atoms with Gasteiger partial charge in [0, 0.05) is 43.3 Å². The Balaban J connectivity index is 1.25. The van der Waals surface area contributed by atoms with Crippen LogP contribution in [0.2, 0.25) is 0 Å². The molecule has 2 fully saturated rings. The molecular weight excluding hydrogens is 378 g/mol. The molecule has 30 heavy (non-hydrogen) atoms. The van der Waals surface area contributed by atoms with Gasteiger partial charge in [-0.3, -0.25) is 4.79 Å². The number of hydrogen-bond donors (Lipinski definition) is 2. The maximum absolute atomic E-state index is 11.9. The summed E-state index contributed by atoms with van der Waals surface area (Å²) in [5.74, 6) is 1.37. The quantitative estimate of drug-likeness (QED) is 0.516. The number of H-pyrrole nitrogens is 1. The second-order valence-electron chi connectivity index (χ2n) is 8.25. The molecule has 1 saturated heterocycles. The average Bonchev–Trinajstić information content (AvgIpc) is 3.27. The Morgan fingerprint density at radius 1 is 1.13 bits per heavy atom. The highest BCUT2D eigenvalue weighted by Crippen LogP contribution is 2.31. The summed E-state index contributed by atoms with van der Waals surface area (Å²) in [6.45, 7) is 0.683. The van der Waals surface area contributed by atoms with Gasteiger partial charge in [-0.2, -0.15) is 0 Å². The van der Waals surface area contributed by atoms with Crippen molar-refractivity contribution in [3.63, 3.8) is 0 Å². The van der Waals surface area contributed by atoms with Crippen molar-refractivity contribution in [3.05, 3.63) is 59.2 Å². The van der Waals surface area contributed by atoms with Crippen LogP contribution in [0.3, 0.4) is 0 Å². The first-order valence-corrected chi connectivity index (χ1v) is 11.1. The summed E-state index contributed by atoms with van der Waals surface area (Å²) in [5.41, 5.74) is 5.88. The van der Waals surface area contributed by atoms with Crippen LogP contribution >= 0.6 is 0 Å². The van der Waals surface area contributed by atoms with Gasteiger partial charge < -0.3 is 9.72 Å². The molecule has 1 atom stereocenters. The van der Waals surface area contributed by atoms with Crippen LogP contribution in [-0.2, 0) is 20.8 Å². The molecule has 2 aliphatic rings. The van der Waals surface area contributed by atoms with Crippen LogP contribution in [0, 0.1) is 0 Å². The van der Waals surface area contributed by atoms with Crippen molar-refractivity contribution in [3.8, 4) is 0 Å². The van der Waals surface area contributed by atoms with Crippen LogP contribution in [0.1, 0.15) is 79.9 Å². The topological polar surface area (TPSA) is 76.2 Å². The van der Waals surface area contributed by atoms with Crippen LogP contribution in [0.15, 0.2) is 36.5 Å². The van der Waals surface area contributed by atoms with Crippen LogP contribution < -0.4 is 5.48 Å². The number of benzene rings is 1.